The second-order valence-electron chi connectivity index (χ2n) is 7.13. The number of aryl methyl sites for hydroxylation is 2. The average Bonchev–Trinajstić information content (AvgIpc) is 2.75. The third-order valence-electron chi connectivity index (χ3n) is 5.34. The van der Waals surface area contributed by atoms with Gasteiger partial charge in [0.05, 0.1) is 18.4 Å². The molecule has 1 aliphatic heterocycles. The maximum absolute atomic E-state index is 12.6. The summed E-state index contributed by atoms with van der Waals surface area (Å²) in [5.41, 5.74) is 4.77. The fourth-order valence-electron chi connectivity index (χ4n) is 3.75. The molecule has 1 aliphatic carbocycles. The summed E-state index contributed by atoms with van der Waals surface area (Å²) in [5.74, 6) is 0.428. The van der Waals surface area contributed by atoms with Gasteiger partial charge in [0.1, 0.15) is 12.4 Å². The van der Waals surface area contributed by atoms with Crippen LogP contribution in [0.4, 0.5) is 0 Å². The minimum absolute atomic E-state index is 0.0268. The molecule has 1 aromatic rings. The summed E-state index contributed by atoms with van der Waals surface area (Å²) in [5, 5.41) is 0. The van der Waals surface area contributed by atoms with Crippen molar-refractivity contribution < 1.29 is 14.3 Å². The number of hydrogen-bond donors (Lipinski definition) is 0. The van der Waals surface area contributed by atoms with Crippen LogP contribution in [0.25, 0.3) is 0 Å². The molecule has 1 heterocycles. The van der Waals surface area contributed by atoms with E-state index in [0.717, 1.165) is 24.2 Å². The van der Waals surface area contributed by atoms with Crippen molar-refractivity contribution >= 4 is 11.8 Å². The average molecular weight is 327 g/mol. The molecular weight excluding hydrogens is 302 g/mol. The topological polar surface area (TPSA) is 46.6 Å². The molecule has 0 unspecified atom stereocenters. The Hall–Kier alpha value is -2.10. The predicted molar refractivity (Wildman–Crippen MR) is 92.7 cm³/mol. The van der Waals surface area contributed by atoms with Gasteiger partial charge in [-0.2, -0.15) is 0 Å². The highest BCUT2D eigenvalue weighted by Gasteiger charge is 2.48. The van der Waals surface area contributed by atoms with Crippen LogP contribution in [0.5, 0.6) is 5.75 Å². The van der Waals surface area contributed by atoms with E-state index in [1.54, 1.807) is 0 Å². The second kappa shape index (κ2) is 6.42. The third kappa shape index (κ3) is 2.97. The van der Waals surface area contributed by atoms with Gasteiger partial charge in [-0.3, -0.25) is 14.5 Å². The van der Waals surface area contributed by atoms with Crippen LogP contribution in [0.15, 0.2) is 29.3 Å². The third-order valence-corrected chi connectivity index (χ3v) is 5.34. The molecule has 1 saturated heterocycles. The molecule has 0 spiro atoms. The molecule has 1 fully saturated rings. The summed E-state index contributed by atoms with van der Waals surface area (Å²) < 4.78 is 5.79. The maximum atomic E-state index is 12.6. The normalized spacial score (nSPS) is 23.8. The Morgan fingerprint density at radius 2 is 1.58 bits per heavy atom. The van der Waals surface area contributed by atoms with Gasteiger partial charge in [-0.05, 0) is 52.2 Å². The summed E-state index contributed by atoms with van der Waals surface area (Å²) >= 11 is 0. The van der Waals surface area contributed by atoms with Crippen molar-refractivity contribution in [3.8, 4) is 5.75 Å². The number of rotatable bonds is 4. The van der Waals surface area contributed by atoms with Gasteiger partial charge >= 0.3 is 0 Å². The van der Waals surface area contributed by atoms with E-state index in [-0.39, 0.29) is 23.7 Å². The van der Waals surface area contributed by atoms with Crippen molar-refractivity contribution in [3.63, 3.8) is 0 Å². The van der Waals surface area contributed by atoms with E-state index in [9.17, 15) is 9.59 Å². The molecule has 2 atom stereocenters. The Kier molecular flexibility index (Phi) is 4.48. The molecule has 128 valence electrons. The lowest BCUT2D eigenvalue weighted by molar-refractivity contribution is -0.140. The predicted octanol–water partition coefficient (Wildman–Crippen LogP) is 3.41. The molecule has 2 amide bonds. The number of imide groups is 1. The Balaban J connectivity index is 1.62. The van der Waals surface area contributed by atoms with Gasteiger partial charge < -0.3 is 4.74 Å². The van der Waals surface area contributed by atoms with Crippen molar-refractivity contribution in [2.75, 3.05) is 13.2 Å². The SMILES string of the molecule is CC1=C(C)C[C@@H]2C(=O)N(CCOc3ccc(C)cc3C)C(=O)[C@H]2C1. The second-order valence-corrected chi connectivity index (χ2v) is 7.13. The molecule has 0 aromatic heterocycles. The number of allylic oxidation sites excluding steroid dienone is 2. The highest BCUT2D eigenvalue weighted by Crippen LogP contribution is 2.40. The fraction of sp³-hybridized carbons (Fsp3) is 0.500. The molecule has 0 N–H and O–H groups in total. The highest BCUT2D eigenvalue weighted by atomic mass is 16.5. The zero-order valence-corrected chi connectivity index (χ0v) is 14.9. The number of ether oxygens (including phenoxy) is 1. The first-order valence-corrected chi connectivity index (χ1v) is 8.59. The van der Waals surface area contributed by atoms with E-state index in [2.05, 4.69) is 19.9 Å². The molecule has 0 radical (unpaired) electrons. The molecule has 3 rings (SSSR count). The van der Waals surface area contributed by atoms with Gasteiger partial charge in [0, 0.05) is 0 Å². The standard InChI is InChI=1S/C20H25NO3/c1-12-5-6-18(15(4)9-12)24-8-7-21-19(22)16-10-13(2)14(3)11-17(16)20(21)23/h5-6,9,16-17H,7-8,10-11H2,1-4H3/t16-,17-/m0/s1. The van der Waals surface area contributed by atoms with Crippen molar-refractivity contribution in [1.82, 2.24) is 4.90 Å². The van der Waals surface area contributed by atoms with Crippen LogP contribution in [-0.4, -0.2) is 29.9 Å². The van der Waals surface area contributed by atoms with Gasteiger partial charge in [0.25, 0.3) is 0 Å². The number of carbonyl (C=O) groups excluding carboxylic acids is 2. The lowest BCUT2D eigenvalue weighted by atomic mass is 9.78. The molecule has 1 aromatic carbocycles. The van der Waals surface area contributed by atoms with Gasteiger partial charge in [-0.15, -0.1) is 0 Å². The van der Waals surface area contributed by atoms with E-state index in [4.69, 9.17) is 4.74 Å². The van der Waals surface area contributed by atoms with E-state index >= 15 is 0 Å². The van der Waals surface area contributed by atoms with Crippen molar-refractivity contribution in [2.45, 2.75) is 40.5 Å². The van der Waals surface area contributed by atoms with Gasteiger partial charge in [0.15, 0.2) is 0 Å². The number of nitrogens with zero attached hydrogens (tertiary/aromatic N) is 1. The zero-order valence-electron chi connectivity index (χ0n) is 14.9. The fourth-order valence-corrected chi connectivity index (χ4v) is 3.75. The number of carbonyl (C=O) groups is 2. The number of benzene rings is 1. The molecule has 0 saturated carbocycles. The lowest BCUT2D eigenvalue weighted by Crippen LogP contribution is -2.34. The van der Waals surface area contributed by atoms with Crippen LogP contribution in [0.2, 0.25) is 0 Å². The molecule has 4 nitrogen and oxygen atoms in total. The van der Waals surface area contributed by atoms with Crippen LogP contribution in [0.1, 0.15) is 37.8 Å². The number of hydrogen-bond acceptors (Lipinski definition) is 3. The lowest BCUT2D eigenvalue weighted by Gasteiger charge is -2.23. The van der Waals surface area contributed by atoms with Crippen LogP contribution in [0.3, 0.4) is 0 Å². The Morgan fingerprint density at radius 1 is 1.00 bits per heavy atom. The minimum Gasteiger partial charge on any atom is -0.491 e. The first kappa shape index (κ1) is 16.7. The Morgan fingerprint density at radius 3 is 2.12 bits per heavy atom. The number of likely N-dealkylation sites (tertiary alicyclic amines) is 1. The maximum Gasteiger partial charge on any atom is 0.233 e. The largest absolute Gasteiger partial charge is 0.491 e. The van der Waals surface area contributed by atoms with Gasteiger partial charge in [-0.1, -0.05) is 28.8 Å². The number of fused-ring (bicyclic) bond motifs is 1. The summed E-state index contributed by atoms with van der Waals surface area (Å²) in [6, 6.07) is 6.00. The summed E-state index contributed by atoms with van der Waals surface area (Å²) in [6.07, 6.45) is 1.44. The first-order valence-electron chi connectivity index (χ1n) is 8.59. The Labute approximate surface area is 143 Å². The highest BCUT2D eigenvalue weighted by molar-refractivity contribution is 6.05. The monoisotopic (exact) mass is 327 g/mol. The Bertz CT molecular complexity index is 688. The van der Waals surface area contributed by atoms with Crippen LogP contribution in [0, 0.1) is 25.7 Å². The quantitative estimate of drug-likeness (QED) is 0.629. The first-order chi connectivity index (χ1) is 11.4. The summed E-state index contributed by atoms with van der Waals surface area (Å²) in [4.78, 5) is 26.6. The van der Waals surface area contributed by atoms with Crippen molar-refractivity contribution in [3.05, 3.63) is 40.5 Å². The zero-order chi connectivity index (χ0) is 17.4. The molecule has 0 bridgehead atoms. The number of amides is 2. The summed E-state index contributed by atoms with van der Waals surface area (Å²) in [6.45, 7) is 8.84. The molecule has 24 heavy (non-hydrogen) atoms. The van der Waals surface area contributed by atoms with E-state index < -0.39 is 0 Å². The molecule has 2 aliphatic rings. The van der Waals surface area contributed by atoms with Crippen molar-refractivity contribution in [2.24, 2.45) is 11.8 Å². The smallest absolute Gasteiger partial charge is 0.233 e. The minimum atomic E-state index is -0.165. The van der Waals surface area contributed by atoms with Gasteiger partial charge in [-0.25, -0.2) is 0 Å². The van der Waals surface area contributed by atoms with Crippen LogP contribution in [-0.2, 0) is 9.59 Å². The summed E-state index contributed by atoms with van der Waals surface area (Å²) in [7, 11) is 0. The molecule has 4 heteroatoms. The van der Waals surface area contributed by atoms with Crippen molar-refractivity contribution in [1.29, 1.82) is 0 Å². The van der Waals surface area contributed by atoms with Crippen LogP contribution >= 0.6 is 0 Å². The van der Waals surface area contributed by atoms with E-state index in [1.165, 1.54) is 21.6 Å². The van der Waals surface area contributed by atoms with E-state index in [1.807, 2.05) is 26.0 Å². The van der Waals surface area contributed by atoms with Crippen LogP contribution < -0.4 is 4.74 Å². The molecular formula is C20H25NO3. The van der Waals surface area contributed by atoms with E-state index in [0.29, 0.717) is 13.2 Å². The van der Waals surface area contributed by atoms with Gasteiger partial charge in [0.2, 0.25) is 11.8 Å².